The molecule has 118 valence electrons. The molecular weight excluding hydrogens is 275 g/mol. The molecule has 1 aromatic rings. The summed E-state index contributed by atoms with van der Waals surface area (Å²) in [7, 11) is 0. The van der Waals surface area contributed by atoms with Crippen LogP contribution in [-0.2, 0) is 19.3 Å². The van der Waals surface area contributed by atoms with Gasteiger partial charge in [-0.3, -0.25) is 0 Å². The first-order valence-electron chi connectivity index (χ1n) is 7.43. The highest BCUT2D eigenvalue weighted by atomic mass is 19.1. The molecule has 0 aromatic heterocycles. The Hall–Kier alpha value is -1.78. The van der Waals surface area contributed by atoms with Gasteiger partial charge in [0.2, 0.25) is 5.75 Å². The van der Waals surface area contributed by atoms with Gasteiger partial charge in [-0.1, -0.05) is 40.0 Å². The number of carboxylic acid groups (broad SMARTS) is 1. The highest BCUT2D eigenvalue weighted by molar-refractivity contribution is 5.65. The second-order valence-electron chi connectivity index (χ2n) is 5.05. The van der Waals surface area contributed by atoms with Crippen LogP contribution in [0, 0.1) is 5.82 Å². The average molecular weight is 298 g/mol. The molecule has 0 aliphatic rings. The summed E-state index contributed by atoms with van der Waals surface area (Å²) in [6.45, 7) is 5.87. The summed E-state index contributed by atoms with van der Waals surface area (Å²) in [5.41, 5.74) is 1.88. The Balaban J connectivity index is 3.57. The standard InChI is InChI=1S/C16H23FO4/c1-4-7-10-11(8-5-2)13(17)15(21-16(19)20)14(18)12(10)9-6-3/h18H,4-9H2,1-3H3,(H,19,20). The Labute approximate surface area is 124 Å². The molecule has 0 unspecified atom stereocenters. The van der Waals surface area contributed by atoms with Crippen molar-refractivity contribution in [3.8, 4) is 11.5 Å². The van der Waals surface area contributed by atoms with Crippen LogP contribution in [0.15, 0.2) is 0 Å². The monoisotopic (exact) mass is 298 g/mol. The molecule has 0 fully saturated rings. The van der Waals surface area contributed by atoms with Gasteiger partial charge in [0.25, 0.3) is 0 Å². The van der Waals surface area contributed by atoms with E-state index in [0.717, 1.165) is 24.8 Å². The average Bonchev–Trinajstić information content (AvgIpc) is 2.43. The molecule has 0 heterocycles. The van der Waals surface area contributed by atoms with Gasteiger partial charge in [0.05, 0.1) is 0 Å². The van der Waals surface area contributed by atoms with Crippen LogP contribution in [-0.4, -0.2) is 16.4 Å². The van der Waals surface area contributed by atoms with Crippen molar-refractivity contribution in [3.63, 3.8) is 0 Å². The first-order valence-corrected chi connectivity index (χ1v) is 7.43. The zero-order valence-electron chi connectivity index (χ0n) is 12.8. The van der Waals surface area contributed by atoms with Crippen LogP contribution in [0.5, 0.6) is 11.5 Å². The molecule has 1 aromatic carbocycles. The molecule has 5 heteroatoms. The third-order valence-corrected chi connectivity index (χ3v) is 3.38. The van der Waals surface area contributed by atoms with Crippen molar-refractivity contribution in [1.82, 2.24) is 0 Å². The number of hydrogen-bond acceptors (Lipinski definition) is 3. The molecule has 2 N–H and O–H groups in total. The van der Waals surface area contributed by atoms with Crippen molar-refractivity contribution < 1.29 is 24.1 Å². The summed E-state index contributed by atoms with van der Waals surface area (Å²) in [6.07, 6.45) is 2.41. The molecule has 0 saturated heterocycles. The predicted molar refractivity (Wildman–Crippen MR) is 78.7 cm³/mol. The molecule has 0 aliphatic carbocycles. The second kappa shape index (κ2) is 7.86. The Morgan fingerprint density at radius 1 is 1.00 bits per heavy atom. The lowest BCUT2D eigenvalue weighted by atomic mass is 9.90. The van der Waals surface area contributed by atoms with E-state index >= 15 is 0 Å². The third kappa shape index (κ3) is 3.86. The number of halogens is 1. The number of phenolic OH excluding ortho intramolecular Hbond substituents is 1. The lowest BCUT2D eigenvalue weighted by Crippen LogP contribution is -2.11. The van der Waals surface area contributed by atoms with Gasteiger partial charge in [-0.05, 0) is 30.4 Å². The number of hydrogen-bond donors (Lipinski definition) is 2. The minimum absolute atomic E-state index is 0.375. The van der Waals surface area contributed by atoms with Crippen molar-refractivity contribution in [2.75, 3.05) is 0 Å². The molecule has 21 heavy (non-hydrogen) atoms. The van der Waals surface area contributed by atoms with Gasteiger partial charge in [-0.15, -0.1) is 0 Å². The van der Waals surface area contributed by atoms with Crippen molar-refractivity contribution in [3.05, 3.63) is 22.5 Å². The first kappa shape index (κ1) is 17.3. The molecule has 0 amide bonds. The van der Waals surface area contributed by atoms with Gasteiger partial charge < -0.3 is 14.9 Å². The van der Waals surface area contributed by atoms with Crippen LogP contribution in [0.25, 0.3) is 0 Å². The smallest absolute Gasteiger partial charge is 0.504 e. The summed E-state index contributed by atoms with van der Waals surface area (Å²) < 4.78 is 19.0. The lowest BCUT2D eigenvalue weighted by Gasteiger charge is -2.19. The summed E-state index contributed by atoms with van der Waals surface area (Å²) >= 11 is 0. The molecule has 4 nitrogen and oxygen atoms in total. The number of rotatable bonds is 7. The normalized spacial score (nSPS) is 10.7. The first-order chi connectivity index (χ1) is 9.97. The van der Waals surface area contributed by atoms with E-state index in [1.165, 1.54) is 0 Å². The van der Waals surface area contributed by atoms with E-state index in [9.17, 15) is 14.3 Å². The van der Waals surface area contributed by atoms with Crippen LogP contribution in [0.1, 0.15) is 56.7 Å². The zero-order valence-corrected chi connectivity index (χ0v) is 12.8. The van der Waals surface area contributed by atoms with Crippen LogP contribution in [0.2, 0.25) is 0 Å². The quantitative estimate of drug-likeness (QED) is 0.576. The Morgan fingerprint density at radius 2 is 1.48 bits per heavy atom. The zero-order chi connectivity index (χ0) is 16.0. The lowest BCUT2D eigenvalue weighted by molar-refractivity contribution is 0.140. The van der Waals surface area contributed by atoms with Crippen LogP contribution < -0.4 is 4.74 Å². The maximum absolute atomic E-state index is 14.5. The fourth-order valence-electron chi connectivity index (χ4n) is 2.60. The van der Waals surface area contributed by atoms with Crippen molar-refractivity contribution in [2.45, 2.75) is 59.3 Å². The SMILES string of the molecule is CCCc1c(O)c(OC(=O)O)c(F)c(CCC)c1CCC. The maximum Gasteiger partial charge on any atom is 0.511 e. The minimum atomic E-state index is -1.63. The van der Waals surface area contributed by atoms with E-state index < -0.39 is 17.7 Å². The number of carbonyl (C=O) groups is 1. The molecule has 0 saturated carbocycles. The van der Waals surface area contributed by atoms with Gasteiger partial charge in [-0.2, -0.15) is 0 Å². The van der Waals surface area contributed by atoms with E-state index in [0.29, 0.717) is 30.4 Å². The molecule has 0 atom stereocenters. The molecule has 0 spiro atoms. The third-order valence-electron chi connectivity index (χ3n) is 3.38. The fraction of sp³-hybridized carbons (Fsp3) is 0.562. The maximum atomic E-state index is 14.5. The summed E-state index contributed by atoms with van der Waals surface area (Å²) in [5, 5.41) is 19.0. The van der Waals surface area contributed by atoms with Gasteiger partial charge in [-0.25, -0.2) is 9.18 Å². The van der Waals surface area contributed by atoms with Crippen molar-refractivity contribution in [1.29, 1.82) is 0 Å². The van der Waals surface area contributed by atoms with E-state index in [2.05, 4.69) is 4.74 Å². The summed E-state index contributed by atoms with van der Waals surface area (Å²) in [4.78, 5) is 10.7. The van der Waals surface area contributed by atoms with Gasteiger partial charge in [0.15, 0.2) is 11.6 Å². The highest BCUT2D eigenvalue weighted by Crippen LogP contribution is 2.40. The summed E-state index contributed by atoms with van der Waals surface area (Å²) in [6, 6.07) is 0. The van der Waals surface area contributed by atoms with Crippen LogP contribution >= 0.6 is 0 Å². The minimum Gasteiger partial charge on any atom is -0.504 e. The Bertz CT molecular complexity index is 478. The fourth-order valence-corrected chi connectivity index (χ4v) is 2.60. The largest absolute Gasteiger partial charge is 0.511 e. The van der Waals surface area contributed by atoms with E-state index in [-0.39, 0.29) is 5.75 Å². The van der Waals surface area contributed by atoms with Gasteiger partial charge in [0, 0.05) is 5.56 Å². The molecule has 0 radical (unpaired) electrons. The molecule has 0 bridgehead atoms. The number of ether oxygens (including phenoxy) is 1. The van der Waals surface area contributed by atoms with E-state index in [1.807, 2.05) is 20.8 Å². The van der Waals surface area contributed by atoms with E-state index in [4.69, 9.17) is 5.11 Å². The topological polar surface area (TPSA) is 66.8 Å². The molecular formula is C16H23FO4. The van der Waals surface area contributed by atoms with Crippen LogP contribution in [0.4, 0.5) is 9.18 Å². The number of phenols is 1. The van der Waals surface area contributed by atoms with Crippen molar-refractivity contribution in [2.24, 2.45) is 0 Å². The summed E-state index contributed by atoms with van der Waals surface area (Å²) in [5.74, 6) is -1.69. The molecule has 0 aliphatic heterocycles. The number of aromatic hydroxyl groups is 1. The Kier molecular flexibility index (Phi) is 6.46. The van der Waals surface area contributed by atoms with E-state index in [1.54, 1.807) is 0 Å². The van der Waals surface area contributed by atoms with Crippen molar-refractivity contribution >= 4 is 6.16 Å². The van der Waals surface area contributed by atoms with Crippen LogP contribution in [0.3, 0.4) is 0 Å². The molecule has 1 rings (SSSR count). The second-order valence-corrected chi connectivity index (χ2v) is 5.05. The predicted octanol–water partition coefficient (Wildman–Crippen LogP) is 4.45. The Morgan fingerprint density at radius 3 is 1.95 bits per heavy atom. The van der Waals surface area contributed by atoms with Gasteiger partial charge in [0.1, 0.15) is 0 Å². The highest BCUT2D eigenvalue weighted by Gasteiger charge is 2.25. The van der Waals surface area contributed by atoms with Gasteiger partial charge >= 0.3 is 6.16 Å². The number of benzene rings is 1.